The molecular weight excluding hydrogens is 364 g/mol. The summed E-state index contributed by atoms with van der Waals surface area (Å²) in [7, 11) is 0. The van der Waals surface area contributed by atoms with Crippen LogP contribution in [0.5, 0.6) is 0 Å². The Balaban J connectivity index is 3.29. The molecule has 0 saturated heterocycles. The lowest BCUT2D eigenvalue weighted by molar-refractivity contribution is -0.144. The van der Waals surface area contributed by atoms with E-state index in [4.69, 9.17) is 9.47 Å². The molecule has 0 aromatic heterocycles. The van der Waals surface area contributed by atoms with E-state index in [1.165, 1.54) is 70.6 Å². The molecule has 0 aliphatic carbocycles. The van der Waals surface area contributed by atoms with E-state index in [0.717, 1.165) is 25.7 Å². The quantitative estimate of drug-likeness (QED) is 0.146. The molecule has 172 valence electrons. The fourth-order valence-electron chi connectivity index (χ4n) is 3.79. The van der Waals surface area contributed by atoms with E-state index in [9.17, 15) is 9.59 Å². The first kappa shape index (κ1) is 27.9. The van der Waals surface area contributed by atoms with Crippen molar-refractivity contribution >= 4 is 11.9 Å². The van der Waals surface area contributed by atoms with E-state index >= 15 is 0 Å². The van der Waals surface area contributed by atoms with Gasteiger partial charge in [-0.2, -0.15) is 0 Å². The van der Waals surface area contributed by atoms with Crippen LogP contribution in [0.4, 0.5) is 0 Å². The highest BCUT2D eigenvalue weighted by Gasteiger charge is 2.12. The lowest BCUT2D eigenvalue weighted by Gasteiger charge is -2.13. The molecule has 0 fully saturated rings. The zero-order chi connectivity index (χ0) is 21.6. The van der Waals surface area contributed by atoms with Crippen molar-refractivity contribution in [3.05, 3.63) is 0 Å². The molecule has 0 radical (unpaired) electrons. The van der Waals surface area contributed by atoms with E-state index in [1.807, 2.05) is 13.8 Å². The smallest absolute Gasteiger partial charge is 0.306 e. The topological polar surface area (TPSA) is 52.6 Å². The van der Waals surface area contributed by atoms with Crippen molar-refractivity contribution in [1.29, 1.82) is 0 Å². The molecule has 4 heteroatoms. The van der Waals surface area contributed by atoms with Crippen LogP contribution in [0, 0.1) is 5.92 Å². The third kappa shape index (κ3) is 20.0. The molecule has 1 atom stereocenters. The molecule has 0 aliphatic rings. The number of hydrogen-bond donors (Lipinski definition) is 0. The summed E-state index contributed by atoms with van der Waals surface area (Å²) in [5.41, 5.74) is 0. The molecule has 0 saturated carbocycles. The summed E-state index contributed by atoms with van der Waals surface area (Å²) in [5.74, 6) is 0.421. The molecule has 0 rings (SSSR count). The molecular formula is C25H48O4. The summed E-state index contributed by atoms with van der Waals surface area (Å²) in [6, 6.07) is 0. The summed E-state index contributed by atoms with van der Waals surface area (Å²) in [5, 5.41) is 0. The standard InChI is InChI=1S/C25H48O4/c1-4-23(22-25(27)29-6-3)20-18-16-14-12-10-8-7-9-11-13-15-17-19-21-24(26)28-5-2/h23H,4-22H2,1-3H3. The van der Waals surface area contributed by atoms with Gasteiger partial charge in [-0.3, -0.25) is 9.59 Å². The maximum atomic E-state index is 11.6. The monoisotopic (exact) mass is 412 g/mol. The number of carbonyl (C=O) groups excluding carboxylic acids is 2. The normalized spacial score (nSPS) is 12.0. The van der Waals surface area contributed by atoms with Gasteiger partial charge in [0.25, 0.3) is 0 Å². The van der Waals surface area contributed by atoms with Gasteiger partial charge in [0.05, 0.1) is 13.2 Å². The third-order valence-corrected chi connectivity index (χ3v) is 5.64. The fourth-order valence-corrected chi connectivity index (χ4v) is 3.79. The summed E-state index contributed by atoms with van der Waals surface area (Å²) in [4.78, 5) is 22.8. The third-order valence-electron chi connectivity index (χ3n) is 5.64. The first-order chi connectivity index (χ1) is 14.1. The lowest BCUT2D eigenvalue weighted by atomic mass is 9.95. The predicted octanol–water partition coefficient (Wildman–Crippen LogP) is 7.38. The number of rotatable bonds is 21. The van der Waals surface area contributed by atoms with Gasteiger partial charge >= 0.3 is 11.9 Å². The molecule has 4 nitrogen and oxygen atoms in total. The second kappa shape index (κ2) is 21.6. The Kier molecular flexibility index (Phi) is 20.9. The predicted molar refractivity (Wildman–Crippen MR) is 121 cm³/mol. The minimum absolute atomic E-state index is 0.0315. The maximum absolute atomic E-state index is 11.6. The van der Waals surface area contributed by atoms with Crippen LogP contribution in [-0.2, 0) is 19.1 Å². The van der Waals surface area contributed by atoms with Crippen molar-refractivity contribution in [2.24, 2.45) is 5.92 Å². The number of unbranched alkanes of at least 4 members (excludes halogenated alkanes) is 12. The summed E-state index contributed by atoms with van der Waals surface area (Å²) >= 11 is 0. The van der Waals surface area contributed by atoms with Crippen LogP contribution in [0.3, 0.4) is 0 Å². The van der Waals surface area contributed by atoms with Crippen LogP contribution in [0.15, 0.2) is 0 Å². The van der Waals surface area contributed by atoms with Gasteiger partial charge in [0.1, 0.15) is 0 Å². The Bertz CT molecular complexity index is 381. The fraction of sp³-hybridized carbons (Fsp3) is 0.920. The average Bonchev–Trinajstić information content (AvgIpc) is 2.70. The second-order valence-electron chi connectivity index (χ2n) is 8.22. The Hall–Kier alpha value is -1.06. The van der Waals surface area contributed by atoms with Crippen molar-refractivity contribution in [2.75, 3.05) is 13.2 Å². The van der Waals surface area contributed by atoms with E-state index in [0.29, 0.717) is 32.0 Å². The molecule has 1 unspecified atom stereocenters. The largest absolute Gasteiger partial charge is 0.466 e. The molecule has 0 bridgehead atoms. The molecule has 29 heavy (non-hydrogen) atoms. The lowest BCUT2D eigenvalue weighted by Crippen LogP contribution is -2.11. The maximum Gasteiger partial charge on any atom is 0.306 e. The van der Waals surface area contributed by atoms with E-state index in [2.05, 4.69) is 6.92 Å². The van der Waals surface area contributed by atoms with Gasteiger partial charge in [0, 0.05) is 12.8 Å². The summed E-state index contributed by atoms with van der Waals surface area (Å²) in [6.07, 6.45) is 20.1. The van der Waals surface area contributed by atoms with Crippen molar-refractivity contribution in [2.45, 2.75) is 130 Å². The number of hydrogen-bond acceptors (Lipinski definition) is 4. The zero-order valence-corrected chi connectivity index (χ0v) is 19.6. The molecule has 0 aliphatic heterocycles. The van der Waals surface area contributed by atoms with E-state index in [-0.39, 0.29) is 11.9 Å². The highest BCUT2D eigenvalue weighted by Crippen LogP contribution is 2.19. The minimum Gasteiger partial charge on any atom is -0.466 e. The Morgan fingerprint density at radius 1 is 0.586 bits per heavy atom. The number of esters is 2. The first-order valence-electron chi connectivity index (χ1n) is 12.4. The molecule has 0 heterocycles. The van der Waals surface area contributed by atoms with E-state index in [1.54, 1.807) is 0 Å². The Labute approximate surface area is 180 Å². The van der Waals surface area contributed by atoms with Crippen LogP contribution >= 0.6 is 0 Å². The average molecular weight is 413 g/mol. The van der Waals surface area contributed by atoms with Crippen molar-refractivity contribution < 1.29 is 19.1 Å². The van der Waals surface area contributed by atoms with Crippen LogP contribution in [-0.4, -0.2) is 25.2 Å². The Morgan fingerprint density at radius 2 is 1.00 bits per heavy atom. The van der Waals surface area contributed by atoms with Gasteiger partial charge in [-0.15, -0.1) is 0 Å². The molecule has 0 amide bonds. The van der Waals surface area contributed by atoms with Crippen LogP contribution in [0.25, 0.3) is 0 Å². The molecule has 0 spiro atoms. The SMILES string of the molecule is CCOC(=O)CCCCCCCCCCCCCCCC(CC)CC(=O)OCC. The van der Waals surface area contributed by atoms with Gasteiger partial charge in [-0.25, -0.2) is 0 Å². The van der Waals surface area contributed by atoms with Crippen LogP contribution in [0.1, 0.15) is 130 Å². The van der Waals surface area contributed by atoms with Gasteiger partial charge in [-0.05, 0) is 32.6 Å². The van der Waals surface area contributed by atoms with Crippen molar-refractivity contribution in [3.63, 3.8) is 0 Å². The highest BCUT2D eigenvalue weighted by molar-refractivity contribution is 5.69. The second-order valence-corrected chi connectivity index (χ2v) is 8.22. The van der Waals surface area contributed by atoms with Gasteiger partial charge in [-0.1, -0.05) is 90.4 Å². The molecule has 0 aromatic rings. The summed E-state index contributed by atoms with van der Waals surface area (Å²) in [6.45, 7) is 6.89. The molecule has 0 N–H and O–H groups in total. The first-order valence-corrected chi connectivity index (χ1v) is 12.4. The molecule has 0 aromatic carbocycles. The highest BCUT2D eigenvalue weighted by atomic mass is 16.5. The minimum atomic E-state index is -0.0469. The van der Waals surface area contributed by atoms with Crippen molar-refractivity contribution in [3.8, 4) is 0 Å². The van der Waals surface area contributed by atoms with E-state index < -0.39 is 0 Å². The van der Waals surface area contributed by atoms with Crippen molar-refractivity contribution in [1.82, 2.24) is 0 Å². The van der Waals surface area contributed by atoms with Gasteiger partial charge in [0.2, 0.25) is 0 Å². The summed E-state index contributed by atoms with van der Waals surface area (Å²) < 4.78 is 10.00. The van der Waals surface area contributed by atoms with Gasteiger partial charge < -0.3 is 9.47 Å². The van der Waals surface area contributed by atoms with Crippen LogP contribution in [0.2, 0.25) is 0 Å². The van der Waals surface area contributed by atoms with Gasteiger partial charge in [0.15, 0.2) is 0 Å². The zero-order valence-electron chi connectivity index (χ0n) is 19.6. The van der Waals surface area contributed by atoms with Crippen LogP contribution < -0.4 is 0 Å². The Morgan fingerprint density at radius 3 is 1.45 bits per heavy atom. The number of ether oxygens (including phenoxy) is 2. The number of carbonyl (C=O) groups is 2.